The quantitative estimate of drug-likeness (QED) is 0.337. The van der Waals surface area contributed by atoms with Gasteiger partial charge in [0.25, 0.3) is 12.0 Å². The third-order valence-corrected chi connectivity index (χ3v) is 6.53. The number of ether oxygens (including phenoxy) is 1. The number of nitrogens with zero attached hydrogens (tertiary/aromatic N) is 3. The summed E-state index contributed by atoms with van der Waals surface area (Å²) in [6.07, 6.45) is 1.73. The molecule has 0 aliphatic carbocycles. The lowest BCUT2D eigenvalue weighted by Crippen LogP contribution is -2.29. The summed E-state index contributed by atoms with van der Waals surface area (Å²) in [5, 5.41) is 12.9. The van der Waals surface area contributed by atoms with E-state index in [2.05, 4.69) is 10.3 Å². The fourth-order valence-electron chi connectivity index (χ4n) is 3.56. The Morgan fingerprint density at radius 3 is 2.62 bits per heavy atom. The van der Waals surface area contributed by atoms with E-state index >= 15 is 0 Å². The van der Waals surface area contributed by atoms with Gasteiger partial charge in [0.2, 0.25) is 0 Å². The molecule has 0 radical (unpaired) electrons. The maximum atomic E-state index is 13.7. The van der Waals surface area contributed by atoms with Gasteiger partial charge in [-0.05, 0) is 37.3 Å². The number of anilines is 2. The Bertz CT molecular complexity index is 1370. The van der Waals surface area contributed by atoms with Gasteiger partial charge in [-0.1, -0.05) is 11.6 Å². The van der Waals surface area contributed by atoms with Crippen LogP contribution < -0.4 is 15.6 Å². The third kappa shape index (κ3) is 4.84. The van der Waals surface area contributed by atoms with E-state index in [-0.39, 0.29) is 11.3 Å². The molecule has 34 heavy (non-hydrogen) atoms. The predicted molar refractivity (Wildman–Crippen MR) is 128 cm³/mol. The first-order chi connectivity index (χ1) is 16.3. The molecule has 0 unspecified atom stereocenters. The summed E-state index contributed by atoms with van der Waals surface area (Å²) in [7, 11) is 1.51. The first-order valence-corrected chi connectivity index (χ1v) is 11.4. The van der Waals surface area contributed by atoms with Gasteiger partial charge >= 0.3 is 0 Å². The van der Waals surface area contributed by atoms with E-state index < -0.39 is 24.6 Å². The van der Waals surface area contributed by atoms with Crippen molar-refractivity contribution in [2.45, 2.75) is 19.4 Å². The predicted octanol–water partition coefficient (Wildman–Crippen LogP) is 5.33. The average Bonchev–Trinajstić information content (AvgIpc) is 3.44. The summed E-state index contributed by atoms with van der Waals surface area (Å²) >= 11 is 7.16. The fourth-order valence-corrected chi connectivity index (χ4v) is 4.72. The number of aliphatic hydroxyl groups excluding tert-OH is 1. The number of aliphatic hydroxyl groups is 1. The molecule has 3 heterocycles. The number of hydrogen-bond donors (Lipinski definition) is 2. The largest absolute Gasteiger partial charge is 0.494 e. The molecule has 3 aromatic heterocycles. The van der Waals surface area contributed by atoms with Crippen molar-refractivity contribution in [2.75, 3.05) is 19.0 Å². The van der Waals surface area contributed by atoms with Gasteiger partial charge in [0.15, 0.2) is 0 Å². The van der Waals surface area contributed by atoms with Crippen LogP contribution in [-0.4, -0.2) is 32.9 Å². The normalized spacial score (nSPS) is 12.2. The van der Waals surface area contributed by atoms with Crippen molar-refractivity contribution in [2.24, 2.45) is 0 Å². The zero-order valence-corrected chi connectivity index (χ0v) is 19.8. The number of pyridine rings is 1. The molecule has 4 aromatic rings. The Morgan fingerprint density at radius 2 is 2.03 bits per heavy atom. The Morgan fingerprint density at radius 1 is 1.24 bits per heavy atom. The number of nitrogens with one attached hydrogen (secondary N) is 1. The lowest BCUT2D eigenvalue weighted by atomic mass is 10.2. The van der Waals surface area contributed by atoms with E-state index in [9.17, 15) is 18.7 Å². The van der Waals surface area contributed by atoms with Gasteiger partial charge in [0.05, 0.1) is 41.8 Å². The highest BCUT2D eigenvalue weighted by molar-refractivity contribution is 7.16. The van der Waals surface area contributed by atoms with Crippen LogP contribution in [0.3, 0.4) is 0 Å². The zero-order valence-electron chi connectivity index (χ0n) is 18.2. The molecule has 1 aromatic carbocycles. The molecule has 0 saturated carbocycles. The van der Waals surface area contributed by atoms with Gasteiger partial charge in [0.1, 0.15) is 11.4 Å². The lowest BCUT2D eigenvalue weighted by Gasteiger charge is -2.20. The summed E-state index contributed by atoms with van der Waals surface area (Å²) in [6.45, 7) is 1.40. The van der Waals surface area contributed by atoms with Gasteiger partial charge in [-0.25, -0.2) is 13.8 Å². The summed E-state index contributed by atoms with van der Waals surface area (Å²) in [6, 6.07) is 8.66. The van der Waals surface area contributed by atoms with Crippen molar-refractivity contribution in [3.05, 3.63) is 85.9 Å². The molecule has 7 nitrogen and oxygen atoms in total. The number of thiophene rings is 1. The summed E-state index contributed by atoms with van der Waals surface area (Å²) in [4.78, 5) is 18.0. The van der Waals surface area contributed by atoms with Crippen LogP contribution in [0.4, 0.5) is 20.2 Å². The van der Waals surface area contributed by atoms with Crippen molar-refractivity contribution >= 4 is 34.3 Å². The molecule has 0 spiro atoms. The molecular formula is C23H21ClF2N4O3S. The second kappa shape index (κ2) is 9.96. The maximum Gasteiger partial charge on any atom is 0.274 e. The second-order valence-electron chi connectivity index (χ2n) is 7.47. The second-order valence-corrected chi connectivity index (χ2v) is 9.22. The van der Waals surface area contributed by atoms with E-state index in [1.165, 1.54) is 18.4 Å². The Kier molecular flexibility index (Phi) is 7.01. The summed E-state index contributed by atoms with van der Waals surface area (Å²) in [5.74, 6) is 0.495. The Labute approximate surface area is 202 Å². The number of imidazole rings is 1. The molecule has 4 rings (SSSR count). The van der Waals surface area contributed by atoms with E-state index in [4.69, 9.17) is 16.3 Å². The van der Waals surface area contributed by atoms with Crippen molar-refractivity contribution in [1.82, 2.24) is 14.1 Å². The minimum atomic E-state index is -2.82. The number of benzene rings is 1. The summed E-state index contributed by atoms with van der Waals surface area (Å²) in [5.41, 5.74) is 1.03. The van der Waals surface area contributed by atoms with E-state index in [1.54, 1.807) is 41.2 Å². The number of methoxy groups -OCH3 is 1. The summed E-state index contributed by atoms with van der Waals surface area (Å²) < 4.78 is 36.2. The molecular weight excluding hydrogens is 486 g/mol. The van der Waals surface area contributed by atoms with E-state index in [1.807, 2.05) is 13.1 Å². The highest BCUT2D eigenvalue weighted by Gasteiger charge is 2.21. The molecule has 11 heteroatoms. The molecule has 2 N–H and O–H groups in total. The molecule has 1 atom stereocenters. The van der Waals surface area contributed by atoms with Crippen LogP contribution in [0.25, 0.3) is 5.69 Å². The maximum absolute atomic E-state index is 13.7. The number of hydrogen-bond acceptors (Lipinski definition) is 6. The highest BCUT2D eigenvalue weighted by atomic mass is 35.5. The van der Waals surface area contributed by atoms with Crippen molar-refractivity contribution in [3.8, 4) is 11.4 Å². The van der Waals surface area contributed by atoms with Gasteiger partial charge in [-0.2, -0.15) is 0 Å². The number of rotatable bonds is 8. The Balaban J connectivity index is 1.75. The minimum absolute atomic E-state index is 0.0628. The topological polar surface area (TPSA) is 81.3 Å². The Hall–Kier alpha value is -3.21. The SMILES string of the molecule is COc1cc(Nc2cc(C(F)F)cn([C@@H](CO)c3ccc(Cl)s3)c2=O)ccc1-n1cnc(C)c1. The molecule has 0 saturated heterocycles. The molecule has 0 aliphatic heterocycles. The lowest BCUT2D eigenvalue weighted by molar-refractivity contribution is 0.149. The van der Waals surface area contributed by atoms with Crippen molar-refractivity contribution in [3.63, 3.8) is 0 Å². The number of alkyl halides is 2. The standard InChI is InChI=1S/C23H21ClF2N4O3S/c1-13-9-29(12-27-13)17-4-3-15(8-19(17)33-2)28-16-7-14(22(25)26)10-30(23(16)32)18(11-31)20-5-6-21(24)34-20/h3-10,12,18,22,28,31H,11H2,1-2H3/t18-/m0/s1. The van der Waals surface area contributed by atoms with Gasteiger partial charge in [-0.3, -0.25) is 4.79 Å². The van der Waals surface area contributed by atoms with Crippen LogP contribution >= 0.6 is 22.9 Å². The highest BCUT2D eigenvalue weighted by Crippen LogP contribution is 2.32. The van der Waals surface area contributed by atoms with Crippen LogP contribution in [0.5, 0.6) is 5.75 Å². The van der Waals surface area contributed by atoms with Crippen LogP contribution in [0.15, 0.2) is 59.9 Å². The van der Waals surface area contributed by atoms with Gasteiger partial charge in [0, 0.05) is 34.6 Å². The zero-order chi connectivity index (χ0) is 24.4. The molecule has 0 bridgehead atoms. The first kappa shape index (κ1) is 23.9. The monoisotopic (exact) mass is 506 g/mol. The third-order valence-electron chi connectivity index (χ3n) is 5.20. The number of halogens is 3. The molecule has 0 fully saturated rings. The van der Waals surface area contributed by atoms with Crippen LogP contribution in [0.2, 0.25) is 4.34 Å². The smallest absolute Gasteiger partial charge is 0.274 e. The fraction of sp³-hybridized carbons (Fsp3) is 0.217. The van der Waals surface area contributed by atoms with E-state index in [0.29, 0.717) is 20.7 Å². The van der Waals surface area contributed by atoms with Crippen molar-refractivity contribution < 1.29 is 18.6 Å². The van der Waals surface area contributed by atoms with Crippen LogP contribution in [0, 0.1) is 6.92 Å². The average molecular weight is 507 g/mol. The van der Waals surface area contributed by atoms with Gasteiger partial charge in [-0.15, -0.1) is 11.3 Å². The molecule has 0 amide bonds. The number of aryl methyl sites for hydroxylation is 1. The van der Waals surface area contributed by atoms with Crippen LogP contribution in [-0.2, 0) is 0 Å². The molecule has 0 aliphatic rings. The molecule has 178 valence electrons. The van der Waals surface area contributed by atoms with E-state index in [0.717, 1.165) is 28.2 Å². The minimum Gasteiger partial charge on any atom is -0.494 e. The number of aromatic nitrogens is 3. The first-order valence-electron chi connectivity index (χ1n) is 10.2. The van der Waals surface area contributed by atoms with Gasteiger partial charge < -0.3 is 24.3 Å². The van der Waals surface area contributed by atoms with Crippen molar-refractivity contribution in [1.29, 1.82) is 0 Å². The van der Waals surface area contributed by atoms with Crippen LogP contribution in [0.1, 0.15) is 28.6 Å².